The molecular formula is C22H13ClN2O7S. The molecule has 3 aromatic rings. The number of hydrogen-bond acceptors (Lipinski definition) is 7. The van der Waals surface area contributed by atoms with Crippen LogP contribution in [0.4, 0.5) is 10.5 Å². The standard InChI is InChI=1S/C22H13ClN2O7S/c23-16-7-5-12(9-15(16)21(27)28)18-8-6-14(32-18)10-19-20(26)24(22(29)33-19)11-13-3-1-2-4-17(13)25(30)31/h1-10H,11H2,(H,27,28)/b19-10-. The largest absolute Gasteiger partial charge is 0.478 e. The zero-order chi connectivity index (χ0) is 23.7. The summed E-state index contributed by atoms with van der Waals surface area (Å²) in [5.41, 5.74) is 0.451. The summed E-state index contributed by atoms with van der Waals surface area (Å²) < 4.78 is 5.70. The van der Waals surface area contributed by atoms with E-state index in [4.69, 9.17) is 16.0 Å². The van der Waals surface area contributed by atoms with E-state index in [0.717, 1.165) is 4.90 Å². The number of carboxylic acid groups (broad SMARTS) is 1. The number of benzene rings is 2. The van der Waals surface area contributed by atoms with Crippen LogP contribution >= 0.6 is 23.4 Å². The Labute approximate surface area is 195 Å². The number of nitrogens with zero attached hydrogens (tertiary/aromatic N) is 2. The van der Waals surface area contributed by atoms with Crippen LogP contribution in [0.1, 0.15) is 21.7 Å². The minimum absolute atomic E-state index is 0.0803. The van der Waals surface area contributed by atoms with Crippen molar-refractivity contribution < 1.29 is 28.8 Å². The fraction of sp³-hybridized carbons (Fsp3) is 0.0455. The highest BCUT2D eigenvalue weighted by Gasteiger charge is 2.36. The highest BCUT2D eigenvalue weighted by Crippen LogP contribution is 2.35. The maximum absolute atomic E-state index is 12.8. The summed E-state index contributed by atoms with van der Waals surface area (Å²) in [7, 11) is 0. The molecule has 0 radical (unpaired) electrons. The third-order valence-electron chi connectivity index (χ3n) is 4.77. The molecule has 9 nitrogen and oxygen atoms in total. The fourth-order valence-electron chi connectivity index (χ4n) is 3.19. The molecule has 1 aliphatic rings. The van der Waals surface area contributed by atoms with Crippen LogP contribution in [0.3, 0.4) is 0 Å². The molecule has 2 aromatic carbocycles. The minimum atomic E-state index is -1.18. The second-order valence-corrected chi connectivity index (χ2v) is 8.26. The smallest absolute Gasteiger partial charge is 0.337 e. The van der Waals surface area contributed by atoms with Crippen LogP contribution in [0.5, 0.6) is 0 Å². The molecule has 0 aliphatic carbocycles. The number of furan rings is 1. The van der Waals surface area contributed by atoms with Gasteiger partial charge < -0.3 is 9.52 Å². The van der Waals surface area contributed by atoms with Crippen LogP contribution in [0.25, 0.3) is 17.4 Å². The van der Waals surface area contributed by atoms with E-state index in [1.54, 1.807) is 24.3 Å². The van der Waals surface area contributed by atoms with Gasteiger partial charge in [-0.2, -0.15) is 0 Å². The molecule has 4 rings (SSSR count). The lowest BCUT2D eigenvalue weighted by molar-refractivity contribution is -0.385. The van der Waals surface area contributed by atoms with E-state index in [0.29, 0.717) is 23.1 Å². The Morgan fingerprint density at radius 3 is 2.67 bits per heavy atom. The lowest BCUT2D eigenvalue weighted by atomic mass is 10.1. The molecule has 0 saturated carbocycles. The van der Waals surface area contributed by atoms with Gasteiger partial charge >= 0.3 is 5.97 Å². The van der Waals surface area contributed by atoms with Crippen molar-refractivity contribution in [2.24, 2.45) is 0 Å². The van der Waals surface area contributed by atoms with E-state index in [1.165, 1.54) is 36.4 Å². The number of para-hydroxylation sites is 1. The molecule has 0 spiro atoms. The molecule has 1 fully saturated rings. The summed E-state index contributed by atoms with van der Waals surface area (Å²) in [5.74, 6) is -1.16. The maximum Gasteiger partial charge on any atom is 0.337 e. The number of nitro groups is 1. The summed E-state index contributed by atoms with van der Waals surface area (Å²) in [5, 5.41) is 20.0. The van der Waals surface area contributed by atoms with Crippen molar-refractivity contribution in [1.82, 2.24) is 4.90 Å². The third-order valence-corrected chi connectivity index (χ3v) is 6.01. The molecule has 1 saturated heterocycles. The topological polar surface area (TPSA) is 131 Å². The average molecular weight is 485 g/mol. The molecule has 1 aromatic heterocycles. The van der Waals surface area contributed by atoms with E-state index in [9.17, 15) is 29.6 Å². The average Bonchev–Trinajstić information content (AvgIpc) is 3.34. The predicted octanol–water partition coefficient (Wildman–Crippen LogP) is 5.44. The fourth-order valence-corrected chi connectivity index (χ4v) is 4.20. The minimum Gasteiger partial charge on any atom is -0.478 e. The quantitative estimate of drug-likeness (QED) is 0.278. The summed E-state index contributed by atoms with van der Waals surface area (Å²) in [6, 6.07) is 13.5. The van der Waals surface area contributed by atoms with Crippen molar-refractivity contribution in [2.45, 2.75) is 6.54 Å². The van der Waals surface area contributed by atoms with Crippen LogP contribution < -0.4 is 0 Å². The zero-order valence-electron chi connectivity index (χ0n) is 16.6. The lowest BCUT2D eigenvalue weighted by Crippen LogP contribution is -2.27. The van der Waals surface area contributed by atoms with Gasteiger partial charge in [0.05, 0.1) is 27.0 Å². The number of amides is 2. The molecule has 1 N–H and O–H groups in total. The van der Waals surface area contributed by atoms with Gasteiger partial charge in [0, 0.05) is 23.3 Å². The number of imide groups is 1. The number of halogens is 1. The summed E-state index contributed by atoms with van der Waals surface area (Å²) in [6.45, 7) is -0.231. The van der Waals surface area contributed by atoms with Gasteiger partial charge in [0.1, 0.15) is 11.5 Å². The van der Waals surface area contributed by atoms with Crippen molar-refractivity contribution in [3.8, 4) is 11.3 Å². The Hall–Kier alpha value is -3.89. The molecule has 0 bridgehead atoms. The highest BCUT2D eigenvalue weighted by molar-refractivity contribution is 8.18. The van der Waals surface area contributed by atoms with Gasteiger partial charge in [-0.1, -0.05) is 29.8 Å². The number of carbonyl (C=O) groups is 3. The molecule has 33 heavy (non-hydrogen) atoms. The summed E-state index contributed by atoms with van der Waals surface area (Å²) in [4.78, 5) is 48.1. The molecular weight excluding hydrogens is 472 g/mol. The van der Waals surface area contributed by atoms with Gasteiger partial charge in [-0.3, -0.25) is 24.6 Å². The first-order valence-electron chi connectivity index (χ1n) is 9.35. The van der Waals surface area contributed by atoms with Crippen molar-refractivity contribution in [3.05, 3.63) is 91.5 Å². The van der Waals surface area contributed by atoms with Gasteiger partial charge in [0.25, 0.3) is 16.8 Å². The monoisotopic (exact) mass is 484 g/mol. The summed E-state index contributed by atoms with van der Waals surface area (Å²) >= 11 is 6.59. The van der Waals surface area contributed by atoms with Gasteiger partial charge in [-0.15, -0.1) is 0 Å². The Bertz CT molecular complexity index is 1350. The molecule has 2 amide bonds. The molecule has 11 heteroatoms. The van der Waals surface area contributed by atoms with Gasteiger partial charge in [0.2, 0.25) is 0 Å². The number of hydrogen-bond donors (Lipinski definition) is 1. The van der Waals surface area contributed by atoms with Crippen LogP contribution in [0.2, 0.25) is 5.02 Å². The molecule has 166 valence electrons. The molecule has 2 heterocycles. The Kier molecular flexibility index (Phi) is 6.03. The number of nitro benzene ring substituents is 1. The van der Waals surface area contributed by atoms with Crippen molar-refractivity contribution in [3.63, 3.8) is 0 Å². The number of rotatable bonds is 6. The zero-order valence-corrected chi connectivity index (χ0v) is 18.1. The first-order valence-corrected chi connectivity index (χ1v) is 10.5. The lowest BCUT2D eigenvalue weighted by Gasteiger charge is -2.12. The van der Waals surface area contributed by atoms with E-state index in [2.05, 4.69) is 0 Å². The summed E-state index contributed by atoms with van der Waals surface area (Å²) in [6.07, 6.45) is 1.39. The van der Waals surface area contributed by atoms with Gasteiger partial charge in [0.15, 0.2) is 0 Å². The predicted molar refractivity (Wildman–Crippen MR) is 121 cm³/mol. The molecule has 1 aliphatic heterocycles. The Balaban J connectivity index is 1.57. The van der Waals surface area contributed by atoms with Crippen LogP contribution in [0, 0.1) is 10.1 Å². The highest BCUT2D eigenvalue weighted by atomic mass is 35.5. The van der Waals surface area contributed by atoms with Crippen LogP contribution in [0.15, 0.2) is 63.9 Å². The van der Waals surface area contributed by atoms with Crippen molar-refractivity contribution in [1.29, 1.82) is 0 Å². The molecule has 0 unspecified atom stereocenters. The Morgan fingerprint density at radius 2 is 1.94 bits per heavy atom. The van der Waals surface area contributed by atoms with E-state index >= 15 is 0 Å². The van der Waals surface area contributed by atoms with Crippen molar-refractivity contribution in [2.75, 3.05) is 0 Å². The Morgan fingerprint density at radius 1 is 1.18 bits per heavy atom. The second-order valence-electron chi connectivity index (χ2n) is 6.86. The van der Waals surface area contributed by atoms with Crippen LogP contribution in [-0.4, -0.2) is 32.0 Å². The van der Waals surface area contributed by atoms with Gasteiger partial charge in [-0.25, -0.2) is 4.79 Å². The molecule has 0 atom stereocenters. The van der Waals surface area contributed by atoms with Crippen molar-refractivity contribution >= 4 is 52.2 Å². The SMILES string of the molecule is O=C(O)c1cc(-c2ccc(/C=C3\SC(=O)N(Cc4ccccc4[N+](=O)[O-])C3=O)o2)ccc1Cl. The van der Waals surface area contributed by atoms with E-state index in [-0.39, 0.29) is 39.0 Å². The first-order chi connectivity index (χ1) is 15.7. The third kappa shape index (κ3) is 4.52. The van der Waals surface area contributed by atoms with E-state index < -0.39 is 22.0 Å². The van der Waals surface area contributed by atoms with E-state index in [1.807, 2.05) is 0 Å². The number of carbonyl (C=O) groups excluding carboxylic acids is 2. The number of aromatic carboxylic acids is 1. The normalized spacial score (nSPS) is 14.8. The van der Waals surface area contributed by atoms with Crippen LogP contribution in [-0.2, 0) is 11.3 Å². The number of thioether (sulfide) groups is 1. The second kappa shape index (κ2) is 8.93. The van der Waals surface area contributed by atoms with Gasteiger partial charge in [-0.05, 0) is 42.1 Å². The maximum atomic E-state index is 12.8. The first kappa shape index (κ1) is 22.3. The number of carboxylic acids is 1.